The predicted octanol–water partition coefficient (Wildman–Crippen LogP) is 3.45. The molecule has 1 saturated heterocycles. The monoisotopic (exact) mass is 335 g/mol. The smallest absolute Gasteiger partial charge is 0.119 e. The average molecular weight is 336 g/mol. The highest BCUT2D eigenvalue weighted by molar-refractivity contribution is 5.30. The molecule has 2 aliphatic heterocycles. The van der Waals surface area contributed by atoms with E-state index in [1.807, 2.05) is 0 Å². The van der Waals surface area contributed by atoms with Crippen LogP contribution >= 0.6 is 0 Å². The molecular formula is C20H37N3O. The van der Waals surface area contributed by atoms with Gasteiger partial charge >= 0.3 is 0 Å². The van der Waals surface area contributed by atoms with E-state index >= 15 is 0 Å². The Balaban J connectivity index is 1.98. The second kappa shape index (κ2) is 10.1. The van der Waals surface area contributed by atoms with Crippen LogP contribution in [0.5, 0.6) is 0 Å². The third-order valence-corrected chi connectivity index (χ3v) is 5.29. The number of dihydropyridines is 1. The van der Waals surface area contributed by atoms with Crippen LogP contribution in [-0.4, -0.2) is 31.3 Å². The maximum absolute atomic E-state index is 6.38. The van der Waals surface area contributed by atoms with Gasteiger partial charge in [-0.15, -0.1) is 0 Å². The van der Waals surface area contributed by atoms with E-state index in [-0.39, 0.29) is 12.1 Å². The number of nitrogens with one attached hydrogen (secondary N) is 2. The fraction of sp³-hybridized carbons (Fsp3) is 0.800. The Bertz CT molecular complexity index is 429. The van der Waals surface area contributed by atoms with Crippen LogP contribution in [0.4, 0.5) is 0 Å². The molecular weight excluding hydrogens is 298 g/mol. The molecule has 0 aromatic heterocycles. The van der Waals surface area contributed by atoms with Crippen molar-refractivity contribution in [3.63, 3.8) is 0 Å². The summed E-state index contributed by atoms with van der Waals surface area (Å²) >= 11 is 0. The Morgan fingerprint density at radius 3 is 2.62 bits per heavy atom. The zero-order valence-electron chi connectivity index (χ0n) is 15.8. The summed E-state index contributed by atoms with van der Waals surface area (Å²) in [5.74, 6) is 1.66. The molecule has 0 aliphatic carbocycles. The summed E-state index contributed by atoms with van der Waals surface area (Å²) in [5.41, 5.74) is 7.63. The van der Waals surface area contributed by atoms with E-state index in [0.29, 0.717) is 12.0 Å². The Labute approximate surface area is 148 Å². The van der Waals surface area contributed by atoms with Crippen molar-refractivity contribution >= 4 is 0 Å². The lowest BCUT2D eigenvalue weighted by Gasteiger charge is -2.36. The second-order valence-electron chi connectivity index (χ2n) is 7.31. The molecule has 0 radical (unpaired) electrons. The minimum Gasteiger partial charge on any atom is -0.493 e. The fourth-order valence-corrected chi connectivity index (χ4v) is 3.35. The molecule has 138 valence electrons. The van der Waals surface area contributed by atoms with Crippen molar-refractivity contribution in [2.45, 2.75) is 83.8 Å². The van der Waals surface area contributed by atoms with Crippen LogP contribution in [0.2, 0.25) is 0 Å². The maximum Gasteiger partial charge on any atom is 0.119 e. The highest BCUT2D eigenvalue weighted by atomic mass is 16.5. The van der Waals surface area contributed by atoms with E-state index in [2.05, 4.69) is 43.6 Å². The Morgan fingerprint density at radius 2 is 2.04 bits per heavy atom. The first kappa shape index (κ1) is 19.3. The van der Waals surface area contributed by atoms with Gasteiger partial charge in [-0.2, -0.15) is 0 Å². The molecule has 0 amide bonds. The van der Waals surface area contributed by atoms with Gasteiger partial charge in [-0.25, -0.2) is 0 Å². The number of rotatable bonds is 11. The quantitative estimate of drug-likeness (QED) is 0.541. The third-order valence-electron chi connectivity index (χ3n) is 5.29. The van der Waals surface area contributed by atoms with Crippen LogP contribution in [0.25, 0.3) is 0 Å². The van der Waals surface area contributed by atoms with E-state index in [4.69, 9.17) is 10.5 Å². The van der Waals surface area contributed by atoms with Crippen molar-refractivity contribution in [1.82, 2.24) is 10.6 Å². The topological polar surface area (TPSA) is 59.3 Å². The molecule has 24 heavy (non-hydrogen) atoms. The molecule has 4 heteroatoms. The molecule has 4 nitrogen and oxygen atoms in total. The number of ether oxygens (including phenoxy) is 1. The van der Waals surface area contributed by atoms with Crippen molar-refractivity contribution in [3.05, 3.63) is 23.6 Å². The van der Waals surface area contributed by atoms with Crippen LogP contribution in [0.15, 0.2) is 23.6 Å². The number of hydrogen-bond donors (Lipinski definition) is 3. The molecule has 0 saturated carbocycles. The standard InChI is InChI=1S/C20H37N3O/c1-4-7-9-15(6-3)14-24-16-12-19(17(21)8-5-2)23-20(13-16)18-10-11-22-18/h12-13,15,17-19,22-23H,4-11,14,21H2,1-3H3. The lowest BCUT2D eigenvalue weighted by Crippen LogP contribution is -2.53. The van der Waals surface area contributed by atoms with Gasteiger partial charge in [0.25, 0.3) is 0 Å². The van der Waals surface area contributed by atoms with Gasteiger partial charge in [-0.3, -0.25) is 0 Å². The molecule has 2 rings (SSSR count). The number of allylic oxidation sites excluding steroid dienone is 1. The van der Waals surface area contributed by atoms with Gasteiger partial charge in [0.15, 0.2) is 0 Å². The first-order chi connectivity index (χ1) is 11.7. The predicted molar refractivity (Wildman–Crippen MR) is 102 cm³/mol. The highest BCUT2D eigenvalue weighted by Gasteiger charge is 2.28. The molecule has 0 bridgehead atoms. The number of hydrogen-bond acceptors (Lipinski definition) is 4. The molecule has 0 spiro atoms. The lowest BCUT2D eigenvalue weighted by atomic mass is 9.95. The number of nitrogens with two attached hydrogens (primary N) is 1. The molecule has 2 aliphatic rings. The van der Waals surface area contributed by atoms with E-state index in [9.17, 15) is 0 Å². The minimum absolute atomic E-state index is 0.138. The zero-order chi connectivity index (χ0) is 17.4. The van der Waals surface area contributed by atoms with Crippen LogP contribution in [-0.2, 0) is 4.74 Å². The minimum atomic E-state index is 0.138. The summed E-state index contributed by atoms with van der Waals surface area (Å²) in [7, 11) is 0. The molecule has 4 N–H and O–H groups in total. The maximum atomic E-state index is 6.38. The van der Waals surface area contributed by atoms with E-state index in [1.54, 1.807) is 0 Å². The van der Waals surface area contributed by atoms with Crippen molar-refractivity contribution in [3.8, 4) is 0 Å². The normalized spacial score (nSPS) is 25.8. The van der Waals surface area contributed by atoms with E-state index < -0.39 is 0 Å². The summed E-state index contributed by atoms with van der Waals surface area (Å²) in [6.07, 6.45) is 12.7. The Kier molecular flexibility index (Phi) is 8.13. The van der Waals surface area contributed by atoms with Crippen LogP contribution in [0.1, 0.15) is 65.7 Å². The van der Waals surface area contributed by atoms with Gasteiger partial charge in [0.1, 0.15) is 5.76 Å². The largest absolute Gasteiger partial charge is 0.493 e. The van der Waals surface area contributed by atoms with Gasteiger partial charge in [-0.05, 0) is 37.8 Å². The van der Waals surface area contributed by atoms with Gasteiger partial charge < -0.3 is 21.1 Å². The van der Waals surface area contributed by atoms with Gasteiger partial charge in [0.2, 0.25) is 0 Å². The Hall–Kier alpha value is -1.00. The summed E-state index contributed by atoms with van der Waals surface area (Å²) in [6, 6.07) is 0.758. The first-order valence-electron chi connectivity index (χ1n) is 9.99. The van der Waals surface area contributed by atoms with Crippen LogP contribution in [0, 0.1) is 5.92 Å². The molecule has 0 aromatic rings. The summed E-state index contributed by atoms with van der Waals surface area (Å²) < 4.78 is 6.20. The molecule has 4 unspecified atom stereocenters. The molecule has 2 heterocycles. The lowest BCUT2D eigenvalue weighted by molar-refractivity contribution is 0.160. The van der Waals surface area contributed by atoms with Crippen LogP contribution in [0.3, 0.4) is 0 Å². The SMILES string of the molecule is CCCCC(CC)COC1=CC(C(N)CCC)NC(C2CCN2)=C1. The first-order valence-corrected chi connectivity index (χ1v) is 9.99. The van der Waals surface area contributed by atoms with Crippen molar-refractivity contribution in [2.24, 2.45) is 11.7 Å². The number of unbranched alkanes of at least 4 members (excludes halogenated alkanes) is 1. The fourth-order valence-electron chi connectivity index (χ4n) is 3.35. The van der Waals surface area contributed by atoms with Gasteiger partial charge in [0.05, 0.1) is 12.6 Å². The summed E-state index contributed by atoms with van der Waals surface area (Å²) in [5, 5.41) is 7.10. The third kappa shape index (κ3) is 5.52. The van der Waals surface area contributed by atoms with Gasteiger partial charge in [-0.1, -0.05) is 46.5 Å². The van der Waals surface area contributed by atoms with Crippen molar-refractivity contribution in [1.29, 1.82) is 0 Å². The second-order valence-corrected chi connectivity index (χ2v) is 7.31. The van der Waals surface area contributed by atoms with Crippen molar-refractivity contribution in [2.75, 3.05) is 13.2 Å². The van der Waals surface area contributed by atoms with E-state index in [0.717, 1.165) is 31.8 Å². The average Bonchev–Trinajstić information content (AvgIpc) is 2.53. The molecule has 0 aromatic carbocycles. The van der Waals surface area contributed by atoms with Gasteiger partial charge in [0, 0.05) is 23.9 Å². The molecule has 1 fully saturated rings. The van der Waals surface area contributed by atoms with E-state index in [1.165, 1.54) is 37.8 Å². The highest BCUT2D eigenvalue weighted by Crippen LogP contribution is 2.22. The Morgan fingerprint density at radius 1 is 1.25 bits per heavy atom. The van der Waals surface area contributed by atoms with Crippen LogP contribution < -0.4 is 16.4 Å². The molecule has 4 atom stereocenters. The zero-order valence-corrected chi connectivity index (χ0v) is 15.8. The van der Waals surface area contributed by atoms with Crippen molar-refractivity contribution < 1.29 is 4.74 Å². The summed E-state index contributed by atoms with van der Waals surface area (Å²) in [6.45, 7) is 8.63. The summed E-state index contributed by atoms with van der Waals surface area (Å²) in [4.78, 5) is 0.